The van der Waals surface area contributed by atoms with Crippen molar-refractivity contribution >= 4 is 46.6 Å². The van der Waals surface area contributed by atoms with Gasteiger partial charge in [0.2, 0.25) is 11.7 Å². The highest BCUT2D eigenvalue weighted by atomic mass is 35.5. The van der Waals surface area contributed by atoms with Gasteiger partial charge in [0, 0.05) is 60.5 Å². The molecule has 2 aliphatic heterocycles. The number of halogens is 1. The minimum Gasteiger partial charge on any atom is -0.481 e. The normalized spacial score (nSPS) is 18.6. The van der Waals surface area contributed by atoms with Crippen LogP contribution in [0.4, 0.5) is 5.69 Å². The number of nitrogens with zero attached hydrogens (tertiary/aromatic N) is 7. The van der Waals surface area contributed by atoms with Crippen LogP contribution in [0, 0.1) is 18.8 Å². The summed E-state index contributed by atoms with van der Waals surface area (Å²) in [6.07, 6.45) is 5.36. The molecule has 3 aliphatic rings. The van der Waals surface area contributed by atoms with Crippen molar-refractivity contribution in [2.24, 2.45) is 18.9 Å². The third-order valence-electron chi connectivity index (χ3n) is 11.8. The molecule has 1 fully saturated rings. The Bertz CT molecular complexity index is 2030. The van der Waals surface area contributed by atoms with Crippen molar-refractivity contribution in [1.29, 1.82) is 0 Å². The number of anilines is 1. The number of carbonyl (C=O) groups excluding carboxylic acids is 2. The molecule has 286 valence electrons. The fourth-order valence-electron chi connectivity index (χ4n) is 8.04. The van der Waals surface area contributed by atoms with E-state index in [4.69, 9.17) is 21.7 Å². The number of carboxylic acid groups (broad SMARTS) is 1. The lowest BCUT2D eigenvalue weighted by Crippen LogP contribution is -2.38. The zero-order valence-electron chi connectivity index (χ0n) is 31.8. The molecular weight excluding hydrogens is 722 g/mol. The van der Waals surface area contributed by atoms with Gasteiger partial charge < -0.3 is 14.6 Å². The summed E-state index contributed by atoms with van der Waals surface area (Å²) in [7, 11) is 3.86. The summed E-state index contributed by atoms with van der Waals surface area (Å²) in [6, 6.07) is 14.2. The van der Waals surface area contributed by atoms with Crippen LogP contribution < -0.4 is 4.42 Å². The van der Waals surface area contributed by atoms with Crippen molar-refractivity contribution in [2.75, 3.05) is 31.1 Å². The summed E-state index contributed by atoms with van der Waals surface area (Å²) in [5.41, 5.74) is 7.60. The van der Waals surface area contributed by atoms with Crippen LogP contribution in [0.5, 0.6) is 0 Å². The van der Waals surface area contributed by atoms with Crippen molar-refractivity contribution in [3.05, 3.63) is 75.8 Å². The Morgan fingerprint density at radius 1 is 1.00 bits per heavy atom. The Morgan fingerprint density at radius 2 is 1.74 bits per heavy atom. The van der Waals surface area contributed by atoms with Crippen molar-refractivity contribution in [2.45, 2.75) is 85.0 Å². The van der Waals surface area contributed by atoms with Gasteiger partial charge in [-0.2, -0.15) is 0 Å². The summed E-state index contributed by atoms with van der Waals surface area (Å²) in [6.45, 7) is 10.3. The molecule has 7 rings (SSSR count). The first-order valence-corrected chi connectivity index (χ1v) is 20.2. The topological polar surface area (TPSA) is 115 Å². The van der Waals surface area contributed by atoms with E-state index in [-0.39, 0.29) is 17.7 Å². The molecule has 2 aromatic carbocycles. The lowest BCUT2D eigenvalue weighted by Gasteiger charge is -2.30. The smallest absolute Gasteiger partial charge is 0.308 e. The highest BCUT2D eigenvalue weighted by Crippen LogP contribution is 2.39. The molecule has 11 nitrogen and oxygen atoms in total. The van der Waals surface area contributed by atoms with Gasteiger partial charge in [-0.05, 0) is 101 Å². The van der Waals surface area contributed by atoms with Gasteiger partial charge in [-0.15, -0.1) is 11.3 Å². The second-order valence-electron chi connectivity index (χ2n) is 15.5. The monoisotopic (exact) mass is 771 g/mol. The third kappa shape index (κ3) is 7.84. The fraction of sp³-hybridized carbons (Fsp3) is 0.488. The van der Waals surface area contributed by atoms with Crippen LogP contribution in [0.2, 0.25) is 0 Å². The number of carbonyl (C=O) groups is 3. The van der Waals surface area contributed by atoms with Crippen LogP contribution in [-0.2, 0) is 42.7 Å². The molecule has 0 radical (unpaired) electrons. The van der Waals surface area contributed by atoms with Gasteiger partial charge in [0.25, 0.3) is 0 Å². The molecule has 0 spiro atoms. The minimum absolute atomic E-state index is 0.123. The summed E-state index contributed by atoms with van der Waals surface area (Å²) < 4.78 is 3.05. The molecule has 2 amide bonds. The summed E-state index contributed by atoms with van der Waals surface area (Å²) in [5, 5.41) is 10.3. The number of benzene rings is 2. The lowest BCUT2D eigenvalue weighted by atomic mass is 9.80. The first-order valence-electron chi connectivity index (χ1n) is 19.0. The van der Waals surface area contributed by atoms with Gasteiger partial charge in [-0.25, -0.2) is 14.4 Å². The Balaban J connectivity index is 1.01. The van der Waals surface area contributed by atoms with Gasteiger partial charge in [0.1, 0.15) is 5.01 Å². The molecule has 54 heavy (non-hydrogen) atoms. The standard InChI is InChI=1S/C41H50ClN7O4S/c1-25(2)45(4)24-37(50)48-22-34-36(23-48)54-39(44-34)32-11-7-10-31(26(32)3)29-8-6-9-30(20-29)49(42)40(51)38-43-33-21-47(19-17-35(33)46(38)5)18-16-27-12-14-28(15-13-27)41(52)53/h6-11,20,25,27-28H,12-19,21-24H2,1-5H3,(H,52,53). The second-order valence-corrected chi connectivity index (χ2v) is 16.9. The quantitative estimate of drug-likeness (QED) is 0.160. The number of hydrogen-bond acceptors (Lipinski definition) is 8. The molecule has 4 heterocycles. The molecule has 2 aromatic heterocycles. The largest absolute Gasteiger partial charge is 0.481 e. The SMILES string of the molecule is Cc1c(-c2cccc(N(Cl)C(=O)c3nc4c(n3C)CCN(CCC3CCC(C(=O)O)CC3)C4)c2)cccc1-c1nc2c(s1)CN(C(=O)CN(C)C(C)C)C2. The van der Waals surface area contributed by atoms with E-state index in [2.05, 4.69) is 42.7 Å². The van der Waals surface area contributed by atoms with E-state index in [0.29, 0.717) is 49.7 Å². The first kappa shape index (κ1) is 38.2. The Kier molecular flexibility index (Phi) is 11.3. The number of hydrogen-bond donors (Lipinski definition) is 1. The van der Waals surface area contributed by atoms with Crippen LogP contribution in [0.1, 0.15) is 84.1 Å². The predicted octanol–water partition coefficient (Wildman–Crippen LogP) is 7.14. The number of likely N-dealkylation sites (N-methyl/N-ethyl adjacent to an activating group) is 1. The summed E-state index contributed by atoms with van der Waals surface area (Å²) in [4.78, 5) is 55.4. The van der Waals surface area contributed by atoms with E-state index in [1.54, 1.807) is 11.3 Å². The molecule has 13 heteroatoms. The molecule has 1 saturated carbocycles. The predicted molar refractivity (Wildman–Crippen MR) is 212 cm³/mol. The number of rotatable bonds is 11. The van der Waals surface area contributed by atoms with Gasteiger partial charge in [0.15, 0.2) is 0 Å². The van der Waals surface area contributed by atoms with Crippen molar-refractivity contribution < 1.29 is 19.5 Å². The van der Waals surface area contributed by atoms with Gasteiger partial charge in [0.05, 0.1) is 42.6 Å². The summed E-state index contributed by atoms with van der Waals surface area (Å²) in [5.74, 6) is -0.222. The van der Waals surface area contributed by atoms with E-state index >= 15 is 0 Å². The molecule has 0 bridgehead atoms. The van der Waals surface area contributed by atoms with Crippen molar-refractivity contribution in [1.82, 2.24) is 29.2 Å². The van der Waals surface area contributed by atoms with Crippen LogP contribution in [0.3, 0.4) is 0 Å². The lowest BCUT2D eigenvalue weighted by molar-refractivity contribution is -0.143. The van der Waals surface area contributed by atoms with Gasteiger partial charge in [-0.3, -0.25) is 24.2 Å². The molecule has 1 aliphatic carbocycles. The van der Waals surface area contributed by atoms with E-state index < -0.39 is 5.97 Å². The third-order valence-corrected chi connectivity index (χ3v) is 13.2. The van der Waals surface area contributed by atoms with E-state index in [9.17, 15) is 19.5 Å². The maximum Gasteiger partial charge on any atom is 0.308 e. The highest BCUT2D eigenvalue weighted by Gasteiger charge is 2.31. The molecule has 0 unspecified atom stereocenters. The van der Waals surface area contributed by atoms with E-state index in [1.165, 1.54) is 4.42 Å². The number of carboxylic acids is 1. The zero-order chi connectivity index (χ0) is 38.3. The molecule has 1 N–H and O–H groups in total. The maximum absolute atomic E-state index is 13.9. The zero-order valence-corrected chi connectivity index (χ0v) is 33.4. The minimum atomic E-state index is -0.661. The number of thiazole rings is 1. The van der Waals surface area contributed by atoms with Gasteiger partial charge >= 0.3 is 11.9 Å². The average Bonchev–Trinajstić information content (AvgIpc) is 3.85. The molecule has 0 saturated heterocycles. The molecule has 0 atom stereocenters. The average molecular weight is 772 g/mol. The number of amides is 2. The van der Waals surface area contributed by atoms with Crippen LogP contribution >= 0.6 is 23.1 Å². The number of aliphatic carboxylic acids is 1. The fourth-order valence-corrected chi connectivity index (χ4v) is 9.39. The second kappa shape index (κ2) is 15.9. The Labute approximate surface area is 326 Å². The van der Waals surface area contributed by atoms with Crippen LogP contribution in [0.25, 0.3) is 21.7 Å². The Hall–Kier alpha value is -4.10. The van der Waals surface area contributed by atoms with Crippen LogP contribution in [-0.4, -0.2) is 84.8 Å². The van der Waals surface area contributed by atoms with Crippen molar-refractivity contribution in [3.8, 4) is 21.7 Å². The van der Waals surface area contributed by atoms with E-state index in [1.807, 2.05) is 53.9 Å². The summed E-state index contributed by atoms with van der Waals surface area (Å²) >= 11 is 8.46. The molecular formula is C41H50ClN7O4S. The van der Waals surface area contributed by atoms with Crippen molar-refractivity contribution in [3.63, 3.8) is 0 Å². The Morgan fingerprint density at radius 3 is 2.46 bits per heavy atom. The molecule has 4 aromatic rings. The highest BCUT2D eigenvalue weighted by molar-refractivity contribution is 7.15. The maximum atomic E-state index is 13.9. The van der Waals surface area contributed by atoms with Crippen LogP contribution in [0.15, 0.2) is 42.5 Å². The number of imidazole rings is 1. The first-order chi connectivity index (χ1) is 25.9. The van der Waals surface area contributed by atoms with E-state index in [0.717, 1.165) is 101 Å². The van der Waals surface area contributed by atoms with Gasteiger partial charge in [-0.1, -0.05) is 30.3 Å². The number of aromatic nitrogens is 3. The number of fused-ring (bicyclic) bond motifs is 2.